The van der Waals surface area contributed by atoms with Crippen LogP contribution in [0.1, 0.15) is 26.5 Å². The molecule has 12 heavy (non-hydrogen) atoms. The summed E-state index contributed by atoms with van der Waals surface area (Å²) in [5.74, 6) is -0.183. The average molecular weight is 166 g/mol. The Kier molecular flexibility index (Phi) is 2.28. The lowest BCUT2D eigenvalue weighted by molar-refractivity contribution is 0.0962. The van der Waals surface area contributed by atoms with Crippen molar-refractivity contribution in [1.29, 1.82) is 0 Å². The third kappa shape index (κ3) is 1.37. The topological polar surface area (TPSA) is 62.0 Å². The highest BCUT2D eigenvalue weighted by Crippen LogP contribution is 2.07. The largest absolute Gasteiger partial charge is 0.356 e. The van der Waals surface area contributed by atoms with Crippen molar-refractivity contribution < 1.29 is 9.59 Å². The summed E-state index contributed by atoms with van der Waals surface area (Å²) < 4.78 is 0. The number of aryl methyl sites for hydroxylation is 1. The quantitative estimate of drug-likeness (QED) is 0.628. The summed E-state index contributed by atoms with van der Waals surface area (Å²) in [4.78, 5) is 24.2. The van der Waals surface area contributed by atoms with Crippen molar-refractivity contribution in [3.63, 3.8) is 0 Å². The summed E-state index contributed by atoms with van der Waals surface area (Å²) in [5, 5.41) is 2.48. The molecule has 64 valence electrons. The molecule has 1 amide bonds. The van der Waals surface area contributed by atoms with Crippen LogP contribution in [0, 0.1) is 6.92 Å². The number of aldehydes is 1. The summed E-state index contributed by atoms with van der Waals surface area (Å²) in [6, 6.07) is 1.53. The van der Waals surface area contributed by atoms with Crippen molar-refractivity contribution in [1.82, 2.24) is 10.3 Å². The van der Waals surface area contributed by atoms with Crippen LogP contribution in [0.25, 0.3) is 0 Å². The molecule has 0 saturated carbocycles. The minimum absolute atomic E-state index is 0.183. The molecular formula is C8H10N2O2. The molecular weight excluding hydrogens is 156 g/mol. The normalized spacial score (nSPS) is 9.50. The van der Waals surface area contributed by atoms with Gasteiger partial charge in [0, 0.05) is 12.7 Å². The second-order valence-corrected chi connectivity index (χ2v) is 2.46. The number of nitrogens with one attached hydrogen (secondary N) is 2. The summed E-state index contributed by atoms with van der Waals surface area (Å²) in [6.45, 7) is 1.75. The highest BCUT2D eigenvalue weighted by Gasteiger charge is 2.09. The zero-order chi connectivity index (χ0) is 9.14. The van der Waals surface area contributed by atoms with E-state index in [0.717, 1.165) is 0 Å². The molecule has 1 rings (SSSR count). The van der Waals surface area contributed by atoms with Crippen LogP contribution in [-0.2, 0) is 0 Å². The molecule has 0 aromatic carbocycles. The minimum atomic E-state index is -0.183. The zero-order valence-corrected chi connectivity index (χ0v) is 6.97. The Hall–Kier alpha value is -1.58. The number of carbonyl (C=O) groups excluding carboxylic acids is 2. The lowest BCUT2D eigenvalue weighted by Gasteiger charge is -1.95. The Morgan fingerprint density at radius 1 is 1.67 bits per heavy atom. The van der Waals surface area contributed by atoms with Gasteiger partial charge in [-0.05, 0) is 13.0 Å². The molecule has 2 N–H and O–H groups in total. The summed E-state index contributed by atoms with van der Waals surface area (Å²) in [5.41, 5.74) is 1.64. The molecule has 0 saturated heterocycles. The van der Waals surface area contributed by atoms with E-state index in [9.17, 15) is 9.59 Å². The fraction of sp³-hybridized carbons (Fsp3) is 0.250. The van der Waals surface area contributed by atoms with E-state index in [-0.39, 0.29) is 5.91 Å². The van der Waals surface area contributed by atoms with Gasteiger partial charge in [0.25, 0.3) is 5.91 Å². The molecule has 0 aliphatic heterocycles. The number of hydrogen-bond donors (Lipinski definition) is 2. The Labute approximate surface area is 70.0 Å². The van der Waals surface area contributed by atoms with Crippen LogP contribution in [0.15, 0.2) is 6.07 Å². The molecule has 1 aromatic rings. The van der Waals surface area contributed by atoms with Crippen LogP contribution in [0.5, 0.6) is 0 Å². The van der Waals surface area contributed by atoms with E-state index in [1.165, 1.54) is 6.07 Å². The molecule has 0 aliphatic carbocycles. The first-order chi connectivity index (χ1) is 5.69. The molecule has 0 atom stereocenters. The maximum absolute atomic E-state index is 11.1. The third-order valence-corrected chi connectivity index (χ3v) is 1.63. The molecule has 0 fully saturated rings. The molecule has 1 heterocycles. The molecule has 0 aliphatic rings. The second-order valence-electron chi connectivity index (χ2n) is 2.46. The minimum Gasteiger partial charge on any atom is -0.356 e. The van der Waals surface area contributed by atoms with Crippen LogP contribution in [-0.4, -0.2) is 24.2 Å². The average Bonchev–Trinajstić information content (AvgIpc) is 2.45. The first-order valence-corrected chi connectivity index (χ1v) is 3.56. The van der Waals surface area contributed by atoms with Crippen LogP contribution in [0.3, 0.4) is 0 Å². The Bertz CT molecular complexity index is 315. The molecule has 4 heteroatoms. The highest BCUT2D eigenvalue weighted by atomic mass is 16.1. The van der Waals surface area contributed by atoms with Gasteiger partial charge in [0.2, 0.25) is 0 Å². The predicted molar refractivity (Wildman–Crippen MR) is 44.3 cm³/mol. The van der Waals surface area contributed by atoms with Crippen molar-refractivity contribution in [3.05, 3.63) is 23.0 Å². The van der Waals surface area contributed by atoms with E-state index in [1.807, 2.05) is 0 Å². The van der Waals surface area contributed by atoms with Gasteiger partial charge in [0.1, 0.15) is 0 Å². The molecule has 4 nitrogen and oxygen atoms in total. The van der Waals surface area contributed by atoms with Crippen molar-refractivity contribution in [2.75, 3.05) is 7.05 Å². The number of aromatic nitrogens is 1. The monoisotopic (exact) mass is 166 g/mol. The standard InChI is InChI=1S/C8H10N2O2/c1-5-7(8(12)9-2)3-6(4-11)10-5/h3-4,10H,1-2H3,(H,9,12). The van der Waals surface area contributed by atoms with Gasteiger partial charge in [-0.1, -0.05) is 0 Å². The Morgan fingerprint density at radius 2 is 2.33 bits per heavy atom. The lowest BCUT2D eigenvalue weighted by Crippen LogP contribution is -2.17. The van der Waals surface area contributed by atoms with Crippen molar-refractivity contribution in [2.45, 2.75) is 6.92 Å². The van der Waals surface area contributed by atoms with E-state index in [2.05, 4.69) is 10.3 Å². The maximum atomic E-state index is 11.1. The van der Waals surface area contributed by atoms with E-state index in [1.54, 1.807) is 14.0 Å². The molecule has 0 bridgehead atoms. The third-order valence-electron chi connectivity index (χ3n) is 1.63. The van der Waals surface area contributed by atoms with Crippen LogP contribution >= 0.6 is 0 Å². The van der Waals surface area contributed by atoms with Gasteiger partial charge in [0.05, 0.1) is 11.3 Å². The summed E-state index contributed by atoms with van der Waals surface area (Å²) in [7, 11) is 1.55. The van der Waals surface area contributed by atoms with Crippen molar-refractivity contribution >= 4 is 12.2 Å². The van der Waals surface area contributed by atoms with E-state index >= 15 is 0 Å². The number of aromatic amines is 1. The van der Waals surface area contributed by atoms with Gasteiger partial charge < -0.3 is 10.3 Å². The van der Waals surface area contributed by atoms with Gasteiger partial charge in [-0.2, -0.15) is 0 Å². The molecule has 0 spiro atoms. The van der Waals surface area contributed by atoms with Crippen LogP contribution in [0.2, 0.25) is 0 Å². The van der Waals surface area contributed by atoms with Gasteiger partial charge in [-0.15, -0.1) is 0 Å². The Balaban J connectivity index is 3.07. The van der Waals surface area contributed by atoms with Crippen molar-refractivity contribution in [3.8, 4) is 0 Å². The predicted octanol–water partition coefficient (Wildman–Crippen LogP) is 0.495. The lowest BCUT2D eigenvalue weighted by atomic mass is 10.2. The molecule has 1 aromatic heterocycles. The highest BCUT2D eigenvalue weighted by molar-refractivity contribution is 5.96. The van der Waals surface area contributed by atoms with Gasteiger partial charge in [0.15, 0.2) is 6.29 Å². The first-order valence-electron chi connectivity index (χ1n) is 3.56. The van der Waals surface area contributed by atoms with Crippen molar-refractivity contribution in [2.24, 2.45) is 0 Å². The fourth-order valence-corrected chi connectivity index (χ4v) is 1.02. The Morgan fingerprint density at radius 3 is 2.75 bits per heavy atom. The first kappa shape index (κ1) is 8.52. The SMILES string of the molecule is CNC(=O)c1cc(C=O)[nH]c1C. The smallest absolute Gasteiger partial charge is 0.252 e. The number of carbonyl (C=O) groups is 2. The number of H-pyrrole nitrogens is 1. The molecule has 0 radical (unpaired) electrons. The number of hydrogen-bond acceptors (Lipinski definition) is 2. The van der Waals surface area contributed by atoms with E-state index in [0.29, 0.717) is 23.2 Å². The second kappa shape index (κ2) is 3.21. The fourth-order valence-electron chi connectivity index (χ4n) is 1.02. The van der Waals surface area contributed by atoms with Gasteiger partial charge >= 0.3 is 0 Å². The number of amides is 1. The summed E-state index contributed by atoms with van der Waals surface area (Å²) in [6.07, 6.45) is 0.680. The zero-order valence-electron chi connectivity index (χ0n) is 6.97. The van der Waals surface area contributed by atoms with E-state index < -0.39 is 0 Å². The van der Waals surface area contributed by atoms with Gasteiger partial charge in [-0.3, -0.25) is 9.59 Å². The van der Waals surface area contributed by atoms with Crippen LogP contribution < -0.4 is 5.32 Å². The number of rotatable bonds is 2. The summed E-state index contributed by atoms with van der Waals surface area (Å²) >= 11 is 0. The van der Waals surface area contributed by atoms with Gasteiger partial charge in [-0.25, -0.2) is 0 Å². The van der Waals surface area contributed by atoms with E-state index in [4.69, 9.17) is 0 Å². The van der Waals surface area contributed by atoms with Crippen LogP contribution in [0.4, 0.5) is 0 Å². The maximum Gasteiger partial charge on any atom is 0.252 e. The molecule has 0 unspecified atom stereocenters.